The van der Waals surface area contributed by atoms with Crippen molar-refractivity contribution in [2.24, 2.45) is 0 Å². The Labute approximate surface area is 166 Å². The fraction of sp³-hybridized carbons (Fsp3) is 0.440. The van der Waals surface area contributed by atoms with Crippen LogP contribution in [0.4, 0.5) is 0 Å². The van der Waals surface area contributed by atoms with Gasteiger partial charge in [-0.15, -0.1) is 0 Å². The molecule has 0 atom stereocenters. The van der Waals surface area contributed by atoms with Crippen LogP contribution in [0.2, 0.25) is 0 Å². The average Bonchev–Trinajstić information content (AvgIpc) is 2.75. The van der Waals surface area contributed by atoms with E-state index in [1.165, 1.54) is 22.0 Å². The molecule has 0 bridgehead atoms. The third-order valence-corrected chi connectivity index (χ3v) is 4.72. The summed E-state index contributed by atoms with van der Waals surface area (Å²) in [5.74, 6) is 0. The van der Waals surface area contributed by atoms with Crippen molar-refractivity contribution in [2.75, 3.05) is 13.3 Å². The molecule has 0 saturated carbocycles. The highest BCUT2D eigenvalue weighted by atomic mass is 31.1. The van der Waals surface area contributed by atoms with Gasteiger partial charge in [0, 0.05) is 0 Å². The van der Waals surface area contributed by atoms with Crippen LogP contribution in [0.1, 0.15) is 73.4 Å². The molecule has 2 rings (SSSR count). The van der Waals surface area contributed by atoms with Crippen molar-refractivity contribution in [2.45, 2.75) is 62.3 Å². The molecular formula is C25H43P. The third kappa shape index (κ3) is 11.3. The van der Waals surface area contributed by atoms with E-state index >= 15 is 0 Å². The zero-order valence-electron chi connectivity index (χ0n) is 19.2. The standard InChI is InChI=1S/C17H19P.4C2H6/c1-14(18(2)3)17(15-10-6-4-7-11-15)16-12-8-5-9-13-16;4*1-2/h4-13H,1-3H3;4*1-2H3. The molecule has 2 aromatic rings. The minimum absolute atomic E-state index is 0.0687. The number of hydrogen-bond donors (Lipinski definition) is 0. The molecule has 148 valence electrons. The summed E-state index contributed by atoms with van der Waals surface area (Å²) in [4.78, 5) is 0. The molecule has 0 aromatic heterocycles. The highest BCUT2D eigenvalue weighted by Gasteiger charge is 2.10. The van der Waals surface area contributed by atoms with E-state index in [0.29, 0.717) is 0 Å². The number of rotatable bonds is 3. The maximum Gasteiger partial charge on any atom is -0.00777 e. The Morgan fingerprint density at radius 3 is 1.04 bits per heavy atom. The van der Waals surface area contributed by atoms with E-state index in [-0.39, 0.29) is 7.92 Å². The SMILES string of the molecule is CC.CC.CC.CC.CC(=C(c1ccccc1)c1ccccc1)P(C)C. The molecule has 0 heterocycles. The van der Waals surface area contributed by atoms with Crippen LogP contribution < -0.4 is 0 Å². The summed E-state index contributed by atoms with van der Waals surface area (Å²) in [6.07, 6.45) is 0. The third-order valence-electron chi connectivity index (χ3n) is 3.16. The molecule has 1 heteroatoms. The van der Waals surface area contributed by atoms with Gasteiger partial charge in [0.05, 0.1) is 0 Å². The molecule has 0 aliphatic carbocycles. The highest BCUT2D eigenvalue weighted by molar-refractivity contribution is 7.60. The molecule has 0 amide bonds. The fourth-order valence-electron chi connectivity index (χ4n) is 2.02. The first kappa shape index (κ1) is 29.4. The molecule has 26 heavy (non-hydrogen) atoms. The number of hydrogen-bond acceptors (Lipinski definition) is 0. The zero-order valence-corrected chi connectivity index (χ0v) is 20.1. The molecule has 0 N–H and O–H groups in total. The largest absolute Gasteiger partial charge is 0.0857 e. The van der Waals surface area contributed by atoms with E-state index in [4.69, 9.17) is 0 Å². The maximum absolute atomic E-state index is 2.32. The summed E-state index contributed by atoms with van der Waals surface area (Å²) >= 11 is 0. The Morgan fingerprint density at radius 2 is 0.808 bits per heavy atom. The van der Waals surface area contributed by atoms with E-state index in [9.17, 15) is 0 Å². The lowest BCUT2D eigenvalue weighted by Crippen LogP contribution is -1.91. The van der Waals surface area contributed by atoms with Crippen molar-refractivity contribution in [3.63, 3.8) is 0 Å². The first-order chi connectivity index (χ1) is 12.7. The van der Waals surface area contributed by atoms with E-state index in [1.807, 2.05) is 55.4 Å². The molecule has 0 aliphatic rings. The lowest BCUT2D eigenvalue weighted by molar-refractivity contribution is 1.50. The van der Waals surface area contributed by atoms with Gasteiger partial charge in [0.1, 0.15) is 0 Å². The topological polar surface area (TPSA) is 0 Å². The second kappa shape index (κ2) is 21.7. The van der Waals surface area contributed by atoms with Crippen LogP contribution in [-0.4, -0.2) is 13.3 Å². The normalized spacial score (nSPS) is 8.15. The van der Waals surface area contributed by atoms with Crippen LogP contribution >= 0.6 is 7.92 Å². The monoisotopic (exact) mass is 374 g/mol. The van der Waals surface area contributed by atoms with Crippen molar-refractivity contribution in [1.82, 2.24) is 0 Å². The Morgan fingerprint density at radius 1 is 0.538 bits per heavy atom. The first-order valence-electron chi connectivity index (χ1n) is 10.2. The van der Waals surface area contributed by atoms with Crippen molar-refractivity contribution < 1.29 is 0 Å². The molecule has 0 unspecified atom stereocenters. The van der Waals surface area contributed by atoms with Gasteiger partial charge in [0.15, 0.2) is 0 Å². The predicted octanol–water partition coefficient (Wildman–Crippen LogP) is 9.31. The highest BCUT2D eigenvalue weighted by Crippen LogP contribution is 2.43. The van der Waals surface area contributed by atoms with Crippen LogP contribution in [0.25, 0.3) is 5.57 Å². The van der Waals surface area contributed by atoms with Crippen molar-refractivity contribution >= 4 is 13.5 Å². The fourth-order valence-corrected chi connectivity index (χ4v) is 2.72. The van der Waals surface area contributed by atoms with Gasteiger partial charge in [-0.2, -0.15) is 0 Å². The maximum atomic E-state index is 2.32. The Hall–Kier alpha value is -1.39. The minimum atomic E-state index is -0.0687. The van der Waals surface area contributed by atoms with Gasteiger partial charge in [0.2, 0.25) is 0 Å². The molecule has 0 radical (unpaired) electrons. The summed E-state index contributed by atoms with van der Waals surface area (Å²) in [6.45, 7) is 22.9. The summed E-state index contributed by atoms with van der Waals surface area (Å²) < 4.78 is 0. The Bertz CT molecular complexity index is 483. The molecule has 2 aromatic carbocycles. The smallest absolute Gasteiger partial charge is 0.00777 e. The summed E-state index contributed by atoms with van der Waals surface area (Å²) in [5, 5.41) is 1.50. The lowest BCUT2D eigenvalue weighted by Gasteiger charge is -2.16. The van der Waals surface area contributed by atoms with Crippen molar-refractivity contribution in [1.29, 1.82) is 0 Å². The van der Waals surface area contributed by atoms with Crippen molar-refractivity contribution in [3.05, 3.63) is 77.1 Å². The van der Waals surface area contributed by atoms with Crippen LogP contribution in [0, 0.1) is 0 Å². The van der Waals surface area contributed by atoms with Gasteiger partial charge in [-0.3, -0.25) is 0 Å². The predicted molar refractivity (Wildman–Crippen MR) is 129 cm³/mol. The Kier molecular flexibility index (Phi) is 24.5. The number of benzene rings is 2. The van der Waals surface area contributed by atoms with Gasteiger partial charge >= 0.3 is 0 Å². The minimum Gasteiger partial charge on any atom is -0.0857 e. The van der Waals surface area contributed by atoms with Gasteiger partial charge in [-0.25, -0.2) is 0 Å². The van der Waals surface area contributed by atoms with E-state index in [1.54, 1.807) is 0 Å². The molecule has 0 spiro atoms. The van der Waals surface area contributed by atoms with Gasteiger partial charge in [-0.1, -0.05) is 124 Å². The quantitative estimate of drug-likeness (QED) is 0.469. The van der Waals surface area contributed by atoms with Crippen LogP contribution in [0.15, 0.2) is 66.0 Å². The molecule has 0 nitrogen and oxygen atoms in total. The van der Waals surface area contributed by atoms with Gasteiger partial charge in [0.25, 0.3) is 0 Å². The first-order valence-corrected chi connectivity index (χ1v) is 12.4. The van der Waals surface area contributed by atoms with E-state index < -0.39 is 0 Å². The second-order valence-corrected chi connectivity index (χ2v) is 7.05. The number of allylic oxidation sites excluding steroid dienone is 1. The van der Waals surface area contributed by atoms with Crippen LogP contribution in [0.3, 0.4) is 0 Å². The second-order valence-electron chi connectivity index (χ2n) is 4.59. The van der Waals surface area contributed by atoms with E-state index in [0.717, 1.165) is 0 Å². The summed E-state index contributed by atoms with van der Waals surface area (Å²) in [7, 11) is -0.0687. The molecule has 0 aliphatic heterocycles. The molecule has 0 fully saturated rings. The van der Waals surface area contributed by atoms with Crippen molar-refractivity contribution in [3.8, 4) is 0 Å². The summed E-state index contributed by atoms with van der Waals surface area (Å²) in [6, 6.07) is 21.4. The zero-order chi connectivity index (χ0) is 21.0. The van der Waals surface area contributed by atoms with Crippen LogP contribution in [-0.2, 0) is 0 Å². The van der Waals surface area contributed by atoms with E-state index in [2.05, 4.69) is 80.9 Å². The van der Waals surface area contributed by atoms with Gasteiger partial charge < -0.3 is 0 Å². The average molecular weight is 375 g/mol. The molecule has 0 saturated heterocycles. The summed E-state index contributed by atoms with van der Waals surface area (Å²) in [5.41, 5.74) is 4.03. The molecular weight excluding hydrogens is 331 g/mol. The van der Waals surface area contributed by atoms with Gasteiger partial charge in [-0.05, 0) is 42.3 Å². The Balaban J connectivity index is -0.000000585. The lowest BCUT2D eigenvalue weighted by atomic mass is 9.98. The van der Waals surface area contributed by atoms with Crippen LogP contribution in [0.5, 0.6) is 0 Å².